The Hall–Kier alpha value is -0.850. The van der Waals surface area contributed by atoms with Crippen molar-refractivity contribution < 1.29 is 14.3 Å². The molecule has 0 aromatic carbocycles. The predicted octanol–water partition coefficient (Wildman–Crippen LogP) is 1.87. The third-order valence-electron chi connectivity index (χ3n) is 1.50. The van der Waals surface area contributed by atoms with Crippen LogP contribution in [0.15, 0.2) is 12.3 Å². The Labute approximate surface area is 95.8 Å². The number of esters is 1. The number of carbonyl (C=O) groups excluding carboxylic acids is 1. The van der Waals surface area contributed by atoms with Gasteiger partial charge in [0.1, 0.15) is 5.56 Å². The summed E-state index contributed by atoms with van der Waals surface area (Å²) in [4.78, 5) is 15.3. The van der Waals surface area contributed by atoms with Gasteiger partial charge in [-0.25, -0.2) is 9.78 Å². The molecule has 0 aliphatic carbocycles. The molecule has 0 fully saturated rings. The number of halogens is 1. The summed E-state index contributed by atoms with van der Waals surface area (Å²) in [5.74, 6) is -0.112. The van der Waals surface area contributed by atoms with E-state index in [0.717, 1.165) is 3.57 Å². The number of rotatable bonds is 3. The predicted molar refractivity (Wildman–Crippen MR) is 59.5 cm³/mol. The maximum atomic E-state index is 11.3. The van der Waals surface area contributed by atoms with E-state index in [-0.39, 0.29) is 0 Å². The first-order valence-electron chi connectivity index (χ1n) is 4.05. The van der Waals surface area contributed by atoms with Gasteiger partial charge < -0.3 is 9.47 Å². The number of ether oxygens (including phenoxy) is 2. The highest BCUT2D eigenvalue weighted by Crippen LogP contribution is 2.18. The van der Waals surface area contributed by atoms with E-state index in [1.54, 1.807) is 12.3 Å². The van der Waals surface area contributed by atoms with Gasteiger partial charge in [0, 0.05) is 9.77 Å². The Bertz CT molecular complexity index is 341. The van der Waals surface area contributed by atoms with Gasteiger partial charge in [0.15, 0.2) is 0 Å². The number of pyridine rings is 1. The van der Waals surface area contributed by atoms with Crippen LogP contribution in [0.25, 0.3) is 0 Å². The van der Waals surface area contributed by atoms with Crippen LogP contribution in [0, 0.1) is 3.57 Å². The molecule has 0 unspecified atom stereocenters. The van der Waals surface area contributed by atoms with E-state index >= 15 is 0 Å². The molecule has 0 bridgehead atoms. The summed E-state index contributed by atoms with van der Waals surface area (Å²) >= 11 is 2.07. The lowest BCUT2D eigenvalue weighted by atomic mass is 10.3. The maximum Gasteiger partial charge on any atom is 0.343 e. The van der Waals surface area contributed by atoms with Crippen molar-refractivity contribution in [3.63, 3.8) is 0 Å². The first-order chi connectivity index (χ1) is 6.69. The maximum absolute atomic E-state index is 11.3. The van der Waals surface area contributed by atoms with Gasteiger partial charge in [-0.2, -0.15) is 0 Å². The summed E-state index contributed by atoms with van der Waals surface area (Å²) in [5, 5.41) is 0. The van der Waals surface area contributed by atoms with Crippen LogP contribution in [-0.4, -0.2) is 24.7 Å². The van der Waals surface area contributed by atoms with Crippen LogP contribution >= 0.6 is 22.6 Å². The van der Waals surface area contributed by atoms with Gasteiger partial charge in [-0.05, 0) is 35.6 Å². The van der Waals surface area contributed by atoms with E-state index in [1.807, 2.05) is 6.92 Å². The summed E-state index contributed by atoms with van der Waals surface area (Å²) in [7, 11) is 1.33. The SMILES string of the molecule is CCOc1ncc(I)cc1C(=O)OC. The van der Waals surface area contributed by atoms with Gasteiger partial charge in [0.2, 0.25) is 5.88 Å². The molecule has 0 aliphatic rings. The first-order valence-corrected chi connectivity index (χ1v) is 5.13. The van der Waals surface area contributed by atoms with Gasteiger partial charge in [-0.1, -0.05) is 0 Å². The van der Waals surface area contributed by atoms with Crippen molar-refractivity contribution in [1.29, 1.82) is 0 Å². The minimum absolute atomic E-state index is 0.319. The number of nitrogens with zero attached hydrogens (tertiary/aromatic N) is 1. The normalized spacial score (nSPS) is 9.64. The summed E-state index contributed by atoms with van der Waals surface area (Å²) < 4.78 is 10.7. The Balaban J connectivity index is 3.08. The second kappa shape index (κ2) is 5.14. The lowest BCUT2D eigenvalue weighted by Crippen LogP contribution is -2.07. The molecule has 0 atom stereocenters. The largest absolute Gasteiger partial charge is 0.477 e. The van der Waals surface area contributed by atoms with Crippen LogP contribution in [0.4, 0.5) is 0 Å². The molecule has 1 heterocycles. The Morgan fingerprint density at radius 2 is 2.36 bits per heavy atom. The van der Waals surface area contributed by atoms with Crippen molar-refractivity contribution in [3.05, 3.63) is 21.4 Å². The average molecular weight is 307 g/mol. The van der Waals surface area contributed by atoms with Gasteiger partial charge in [-0.3, -0.25) is 0 Å². The van der Waals surface area contributed by atoms with E-state index in [9.17, 15) is 4.79 Å². The first kappa shape index (κ1) is 11.2. The van der Waals surface area contributed by atoms with Gasteiger partial charge in [0.25, 0.3) is 0 Å². The average Bonchev–Trinajstić information content (AvgIpc) is 2.20. The van der Waals surface area contributed by atoms with Crippen molar-refractivity contribution in [2.45, 2.75) is 6.92 Å². The molecule has 1 rings (SSSR count). The molecule has 1 aromatic heterocycles. The van der Waals surface area contributed by atoms with Gasteiger partial charge in [0.05, 0.1) is 13.7 Å². The lowest BCUT2D eigenvalue weighted by Gasteiger charge is -2.07. The van der Waals surface area contributed by atoms with Crippen LogP contribution < -0.4 is 4.74 Å². The molecular weight excluding hydrogens is 297 g/mol. The zero-order valence-corrected chi connectivity index (χ0v) is 10.1. The summed E-state index contributed by atoms with van der Waals surface area (Å²) in [6, 6.07) is 1.68. The lowest BCUT2D eigenvalue weighted by molar-refractivity contribution is 0.0595. The highest BCUT2D eigenvalue weighted by Gasteiger charge is 2.14. The van der Waals surface area contributed by atoms with E-state index in [2.05, 4.69) is 32.3 Å². The van der Waals surface area contributed by atoms with Crippen LogP contribution in [0.3, 0.4) is 0 Å². The number of methoxy groups -OCH3 is 1. The minimum Gasteiger partial charge on any atom is -0.477 e. The molecule has 5 heteroatoms. The Morgan fingerprint density at radius 3 is 2.93 bits per heavy atom. The highest BCUT2D eigenvalue weighted by atomic mass is 127. The highest BCUT2D eigenvalue weighted by molar-refractivity contribution is 14.1. The monoisotopic (exact) mass is 307 g/mol. The Morgan fingerprint density at radius 1 is 1.64 bits per heavy atom. The van der Waals surface area contributed by atoms with Crippen molar-refractivity contribution in [1.82, 2.24) is 4.98 Å². The fraction of sp³-hybridized carbons (Fsp3) is 0.333. The molecule has 0 amide bonds. The van der Waals surface area contributed by atoms with E-state index < -0.39 is 5.97 Å². The van der Waals surface area contributed by atoms with Crippen molar-refractivity contribution in [3.8, 4) is 5.88 Å². The van der Waals surface area contributed by atoms with Gasteiger partial charge >= 0.3 is 5.97 Å². The molecule has 0 N–H and O–H groups in total. The van der Waals surface area contributed by atoms with E-state index in [0.29, 0.717) is 18.1 Å². The van der Waals surface area contributed by atoms with Gasteiger partial charge in [-0.15, -0.1) is 0 Å². The van der Waals surface area contributed by atoms with E-state index in [4.69, 9.17) is 4.74 Å². The fourth-order valence-corrected chi connectivity index (χ4v) is 1.39. The van der Waals surface area contributed by atoms with Crippen LogP contribution in [-0.2, 0) is 4.74 Å². The quantitative estimate of drug-likeness (QED) is 0.632. The molecule has 0 saturated heterocycles. The van der Waals surface area contributed by atoms with Crippen LogP contribution in [0.2, 0.25) is 0 Å². The zero-order valence-electron chi connectivity index (χ0n) is 7.91. The third-order valence-corrected chi connectivity index (χ3v) is 2.09. The molecule has 0 aliphatic heterocycles. The molecule has 14 heavy (non-hydrogen) atoms. The second-order valence-corrected chi connectivity index (χ2v) is 3.68. The fourth-order valence-electron chi connectivity index (χ4n) is 0.935. The number of hydrogen-bond donors (Lipinski definition) is 0. The number of carbonyl (C=O) groups is 1. The second-order valence-electron chi connectivity index (χ2n) is 2.43. The molecule has 1 aromatic rings. The van der Waals surface area contributed by atoms with Crippen molar-refractivity contribution in [2.24, 2.45) is 0 Å². The molecule has 0 spiro atoms. The molecule has 4 nitrogen and oxygen atoms in total. The zero-order chi connectivity index (χ0) is 10.6. The summed E-state index contributed by atoms with van der Waals surface area (Å²) in [6.07, 6.45) is 1.64. The minimum atomic E-state index is -0.431. The summed E-state index contributed by atoms with van der Waals surface area (Å²) in [5.41, 5.74) is 0.362. The molecular formula is C9H10INO3. The molecule has 76 valence electrons. The number of aromatic nitrogens is 1. The smallest absolute Gasteiger partial charge is 0.343 e. The topological polar surface area (TPSA) is 48.4 Å². The third kappa shape index (κ3) is 2.57. The van der Waals surface area contributed by atoms with Crippen molar-refractivity contribution in [2.75, 3.05) is 13.7 Å². The standard InChI is InChI=1S/C9H10INO3/c1-3-14-8-7(9(12)13-2)4-6(10)5-11-8/h4-5H,3H2,1-2H3. The van der Waals surface area contributed by atoms with Crippen molar-refractivity contribution >= 4 is 28.6 Å². The van der Waals surface area contributed by atoms with E-state index in [1.165, 1.54) is 7.11 Å². The van der Waals surface area contributed by atoms with Crippen LogP contribution in [0.5, 0.6) is 5.88 Å². The molecule has 0 saturated carbocycles. The summed E-state index contributed by atoms with van der Waals surface area (Å²) in [6.45, 7) is 2.30. The Kier molecular flexibility index (Phi) is 4.12. The van der Waals surface area contributed by atoms with Crippen LogP contribution in [0.1, 0.15) is 17.3 Å². The number of hydrogen-bond acceptors (Lipinski definition) is 4. The molecule has 0 radical (unpaired) electrons.